The molecule has 8 aromatic rings. The fraction of sp³-hybridized carbons (Fsp3) is 0.265. The predicted octanol–water partition coefficient (Wildman–Crippen LogP) is 12.7. The molecule has 5 aromatic carbocycles. The molecule has 6 heteroatoms. The maximum Gasteiger partial charge on any atom is 0.120 e. The number of aromatic nitrogens is 3. The number of fused-ring (bicyclic) bond motifs is 4. The number of rotatable bonds is 7. The Balaban J connectivity index is 0.000000174. The van der Waals surface area contributed by atoms with Crippen molar-refractivity contribution in [3.63, 3.8) is 0 Å². The van der Waals surface area contributed by atoms with Gasteiger partial charge in [0.2, 0.25) is 0 Å². The summed E-state index contributed by atoms with van der Waals surface area (Å²) in [6.45, 7) is 11.8. The Labute approximate surface area is 340 Å². The molecule has 0 amide bonds. The van der Waals surface area contributed by atoms with Crippen LogP contribution in [0.4, 0.5) is 0 Å². The van der Waals surface area contributed by atoms with Gasteiger partial charge in [-0.3, -0.25) is 4.98 Å². The molecule has 3 heterocycles. The molecule has 0 unspecified atom stereocenters. The van der Waals surface area contributed by atoms with Crippen molar-refractivity contribution in [1.82, 2.24) is 14.5 Å². The maximum absolute atomic E-state index is 6.32. The summed E-state index contributed by atoms with van der Waals surface area (Å²) in [5, 5.41) is 3.74. The van der Waals surface area contributed by atoms with Crippen LogP contribution >= 0.6 is 0 Å². The standard InChI is InChI=1S/C28H21N2O.C21H28NSi.Ir/c1-18(2)19-10-3-6-15-24(19)30-25-16-7-5-14-23(25)29-28(30)22-13-9-12-21-20-11-4-8-17-26(20)31-27(21)22;1-23(2,3)21-16-22-20(18-12-8-5-9-13-18)15-19(21)14-17-10-6-4-7-11-17;/h3-12,14-18H,1-2H3;5,8-9,12,15-17H,4,6-7,10-11,14H2,1-3H3;/q2*-1;. The van der Waals surface area contributed by atoms with Crippen LogP contribution in [0.3, 0.4) is 0 Å². The third kappa shape index (κ3) is 8.05. The van der Waals surface area contributed by atoms with Crippen molar-refractivity contribution in [3.8, 4) is 28.3 Å². The molecule has 281 valence electrons. The van der Waals surface area contributed by atoms with Crippen LogP contribution in [0.1, 0.15) is 63.0 Å². The minimum Gasteiger partial charge on any atom is -0.501 e. The largest absolute Gasteiger partial charge is 0.501 e. The molecule has 0 bridgehead atoms. The van der Waals surface area contributed by atoms with Gasteiger partial charge < -0.3 is 14.0 Å². The molecule has 0 spiro atoms. The van der Waals surface area contributed by atoms with Crippen molar-refractivity contribution in [2.45, 2.75) is 77.9 Å². The van der Waals surface area contributed by atoms with E-state index in [0.29, 0.717) is 5.92 Å². The molecule has 1 saturated carbocycles. The molecule has 0 atom stereocenters. The first-order valence-corrected chi connectivity index (χ1v) is 23.1. The number of imidazole rings is 1. The van der Waals surface area contributed by atoms with Gasteiger partial charge in [0, 0.05) is 37.4 Å². The summed E-state index contributed by atoms with van der Waals surface area (Å²) in [4.78, 5) is 9.82. The van der Waals surface area contributed by atoms with Crippen molar-refractivity contribution in [2.24, 2.45) is 5.92 Å². The van der Waals surface area contributed by atoms with E-state index in [0.717, 1.165) is 67.2 Å². The van der Waals surface area contributed by atoms with Gasteiger partial charge in [0.15, 0.2) is 0 Å². The van der Waals surface area contributed by atoms with Crippen LogP contribution in [0, 0.1) is 18.1 Å². The van der Waals surface area contributed by atoms with Crippen molar-refractivity contribution in [3.05, 3.63) is 145 Å². The zero-order valence-electron chi connectivity index (χ0n) is 32.5. The Morgan fingerprint density at radius 1 is 0.800 bits per heavy atom. The third-order valence-electron chi connectivity index (χ3n) is 10.9. The van der Waals surface area contributed by atoms with Gasteiger partial charge in [-0.25, -0.2) is 0 Å². The Hall–Kier alpha value is -4.61. The number of hydrogen-bond donors (Lipinski definition) is 0. The number of benzene rings is 5. The molecular weight excluding hydrogens is 867 g/mol. The van der Waals surface area contributed by atoms with Crippen LogP contribution in [-0.2, 0) is 26.5 Å². The van der Waals surface area contributed by atoms with E-state index < -0.39 is 8.07 Å². The Bertz CT molecular complexity index is 2540. The van der Waals surface area contributed by atoms with Crippen molar-refractivity contribution in [2.75, 3.05) is 0 Å². The molecule has 0 N–H and O–H groups in total. The summed E-state index contributed by atoms with van der Waals surface area (Å²) in [5.41, 5.74) is 10.8. The van der Waals surface area contributed by atoms with Crippen molar-refractivity contribution >= 4 is 46.2 Å². The van der Waals surface area contributed by atoms with E-state index in [1.807, 2.05) is 42.5 Å². The molecular formula is C49H49IrN3OSi-2. The molecule has 1 aliphatic carbocycles. The summed E-state index contributed by atoms with van der Waals surface area (Å²) in [6, 6.07) is 46.3. The average molecular weight is 916 g/mol. The average Bonchev–Trinajstić information content (AvgIpc) is 3.77. The summed E-state index contributed by atoms with van der Waals surface area (Å²) in [7, 11) is -1.36. The fourth-order valence-corrected chi connectivity index (χ4v) is 9.81. The zero-order valence-corrected chi connectivity index (χ0v) is 35.9. The topological polar surface area (TPSA) is 43.9 Å². The minimum absolute atomic E-state index is 0. The Morgan fingerprint density at radius 3 is 2.33 bits per heavy atom. The minimum atomic E-state index is -1.36. The second kappa shape index (κ2) is 16.6. The van der Waals surface area contributed by atoms with Crippen LogP contribution in [-0.4, -0.2) is 22.6 Å². The summed E-state index contributed by atoms with van der Waals surface area (Å²) in [5.74, 6) is 2.10. The first-order valence-electron chi connectivity index (χ1n) is 19.6. The maximum atomic E-state index is 6.32. The van der Waals surface area contributed by atoms with Crippen LogP contribution in [0.5, 0.6) is 0 Å². The van der Waals surface area contributed by atoms with Gasteiger partial charge in [0.05, 0.1) is 30.5 Å². The molecule has 55 heavy (non-hydrogen) atoms. The van der Waals surface area contributed by atoms with Crippen LogP contribution < -0.4 is 5.19 Å². The van der Waals surface area contributed by atoms with Gasteiger partial charge >= 0.3 is 0 Å². The molecule has 1 radical (unpaired) electrons. The first-order chi connectivity index (χ1) is 26.3. The molecule has 4 nitrogen and oxygen atoms in total. The molecule has 0 saturated heterocycles. The third-order valence-corrected chi connectivity index (χ3v) is 13.0. The number of pyridine rings is 1. The van der Waals surface area contributed by atoms with E-state index >= 15 is 0 Å². The van der Waals surface area contributed by atoms with Gasteiger partial charge in [0.25, 0.3) is 0 Å². The Kier molecular flexibility index (Phi) is 11.7. The van der Waals surface area contributed by atoms with Gasteiger partial charge in [-0.1, -0.05) is 137 Å². The first kappa shape index (κ1) is 38.7. The van der Waals surface area contributed by atoms with E-state index in [1.54, 1.807) is 10.8 Å². The predicted molar refractivity (Wildman–Crippen MR) is 228 cm³/mol. The van der Waals surface area contributed by atoms with Crippen LogP contribution in [0.2, 0.25) is 19.6 Å². The normalized spacial score (nSPS) is 13.6. The molecule has 3 aromatic heterocycles. The molecule has 9 rings (SSSR count). The molecule has 1 aliphatic rings. The molecule has 1 fully saturated rings. The number of nitrogens with zero attached hydrogens (tertiary/aromatic N) is 3. The van der Waals surface area contributed by atoms with E-state index in [-0.39, 0.29) is 20.1 Å². The van der Waals surface area contributed by atoms with E-state index in [9.17, 15) is 0 Å². The second-order valence-corrected chi connectivity index (χ2v) is 21.2. The number of furan rings is 1. The quantitative estimate of drug-likeness (QED) is 0.118. The number of para-hydroxylation sites is 4. The van der Waals surface area contributed by atoms with E-state index in [1.165, 1.54) is 44.1 Å². The van der Waals surface area contributed by atoms with Crippen molar-refractivity contribution < 1.29 is 24.5 Å². The van der Waals surface area contributed by atoms with Crippen LogP contribution in [0.25, 0.3) is 61.3 Å². The van der Waals surface area contributed by atoms with Crippen LogP contribution in [0.15, 0.2) is 126 Å². The number of hydrogen-bond acceptors (Lipinski definition) is 3. The van der Waals surface area contributed by atoms with Gasteiger partial charge in [-0.15, -0.1) is 54.1 Å². The smallest absolute Gasteiger partial charge is 0.120 e. The monoisotopic (exact) mass is 916 g/mol. The van der Waals surface area contributed by atoms with E-state index in [4.69, 9.17) is 14.4 Å². The zero-order chi connectivity index (χ0) is 37.2. The van der Waals surface area contributed by atoms with Gasteiger partial charge in [0.1, 0.15) is 5.58 Å². The second-order valence-electron chi connectivity index (χ2n) is 16.1. The summed E-state index contributed by atoms with van der Waals surface area (Å²) < 4.78 is 8.57. The Morgan fingerprint density at radius 2 is 1.55 bits per heavy atom. The fourth-order valence-electron chi connectivity index (χ4n) is 8.22. The van der Waals surface area contributed by atoms with Gasteiger partial charge in [-0.05, 0) is 59.0 Å². The molecule has 0 aliphatic heterocycles. The summed E-state index contributed by atoms with van der Waals surface area (Å²) in [6.07, 6.45) is 10.5. The van der Waals surface area contributed by atoms with Gasteiger partial charge in [-0.2, -0.15) is 0 Å². The van der Waals surface area contributed by atoms with E-state index in [2.05, 4.69) is 129 Å². The van der Waals surface area contributed by atoms with Crippen molar-refractivity contribution in [1.29, 1.82) is 0 Å². The summed E-state index contributed by atoms with van der Waals surface area (Å²) >= 11 is 0. The SMILES string of the molecule is CC(C)c1ccccc1-n1c(-c2[c-]ccc3c2oc2ccccc23)nc2ccccc21.C[Si](C)(C)c1cnc(-c2[c-]cccc2)cc1CC1CCCCC1.[Ir].